The number of carbonyl (C=O) groups is 2. The fourth-order valence-corrected chi connectivity index (χ4v) is 4.71. The quantitative estimate of drug-likeness (QED) is 0.122. The lowest BCUT2D eigenvalue weighted by Gasteiger charge is -2.12. The number of halogens is 2. The number of nitro groups is 1. The van der Waals surface area contributed by atoms with Gasteiger partial charge in [0, 0.05) is 22.8 Å². The van der Waals surface area contributed by atoms with Crippen LogP contribution in [0.5, 0.6) is 0 Å². The van der Waals surface area contributed by atoms with Crippen molar-refractivity contribution in [2.45, 2.75) is 18.6 Å². The van der Waals surface area contributed by atoms with E-state index >= 15 is 0 Å². The summed E-state index contributed by atoms with van der Waals surface area (Å²) in [6.45, 7) is 1.48. The van der Waals surface area contributed by atoms with Gasteiger partial charge in [0.05, 0.1) is 33.0 Å². The molecule has 0 spiro atoms. The normalized spacial score (nSPS) is 10.8. The smallest absolute Gasteiger partial charge is 0.273 e. The predicted molar refractivity (Wildman–Crippen MR) is 142 cm³/mol. The molecule has 188 valence electrons. The van der Waals surface area contributed by atoms with E-state index in [2.05, 4.69) is 15.5 Å². The molecule has 1 heterocycles. The van der Waals surface area contributed by atoms with Gasteiger partial charge in [0.15, 0.2) is 16.8 Å². The molecule has 0 saturated carbocycles. The van der Waals surface area contributed by atoms with Crippen molar-refractivity contribution < 1.29 is 14.5 Å². The number of benzene rings is 3. The predicted octanol–water partition coefficient (Wildman–Crippen LogP) is 5.70. The van der Waals surface area contributed by atoms with Crippen molar-refractivity contribution in [2.24, 2.45) is 0 Å². The Bertz CT molecular complexity index is 1490. The third-order valence-corrected chi connectivity index (χ3v) is 7.11. The van der Waals surface area contributed by atoms with Crippen LogP contribution in [-0.4, -0.2) is 37.1 Å². The Kier molecular flexibility index (Phi) is 8.22. The summed E-state index contributed by atoms with van der Waals surface area (Å²) < 4.78 is 1.67. The van der Waals surface area contributed by atoms with Crippen molar-refractivity contribution in [3.63, 3.8) is 0 Å². The molecule has 0 bridgehead atoms. The zero-order chi connectivity index (χ0) is 26.5. The molecule has 12 heteroatoms. The fraction of sp³-hybridized carbons (Fsp3) is 0.120. The lowest BCUT2D eigenvalue weighted by atomic mass is 10.1. The number of thioether (sulfide) groups is 1. The molecule has 1 N–H and O–H groups in total. The summed E-state index contributed by atoms with van der Waals surface area (Å²) in [4.78, 5) is 36.2. The van der Waals surface area contributed by atoms with Gasteiger partial charge in [-0.2, -0.15) is 0 Å². The number of hydrogen-bond donors (Lipinski definition) is 1. The second kappa shape index (κ2) is 11.5. The monoisotopic (exact) mass is 555 g/mol. The number of Topliss-reactive ketones (excluding diaryl/α,β-unsaturated/α-hetero) is 1. The molecule has 37 heavy (non-hydrogen) atoms. The average molecular weight is 556 g/mol. The lowest BCUT2D eigenvalue weighted by molar-refractivity contribution is -0.385. The van der Waals surface area contributed by atoms with Crippen molar-refractivity contribution in [3.8, 4) is 5.69 Å². The van der Waals surface area contributed by atoms with Crippen molar-refractivity contribution >= 4 is 52.3 Å². The van der Waals surface area contributed by atoms with Gasteiger partial charge in [0.25, 0.3) is 11.6 Å². The third kappa shape index (κ3) is 5.99. The molecular weight excluding hydrogens is 537 g/mol. The van der Waals surface area contributed by atoms with Gasteiger partial charge >= 0.3 is 0 Å². The second-order valence-electron chi connectivity index (χ2n) is 7.80. The van der Waals surface area contributed by atoms with Gasteiger partial charge in [0.2, 0.25) is 0 Å². The standard InChI is InChI=1S/C25H19Cl2N5O4S/c1-15-18(8-5-9-21(15)32(35)36)24(34)28-13-23-29-30-25(31(23)17-10-11-19(26)20(27)12-17)37-14-22(33)16-6-3-2-4-7-16/h2-12H,13-14H2,1H3,(H,28,34). The van der Waals surface area contributed by atoms with Crippen LogP contribution in [0, 0.1) is 17.0 Å². The Hall–Kier alpha value is -3.73. The van der Waals surface area contributed by atoms with Crippen LogP contribution in [0.15, 0.2) is 71.9 Å². The average Bonchev–Trinajstić information content (AvgIpc) is 3.30. The molecule has 0 unspecified atom stereocenters. The number of rotatable bonds is 9. The fourth-order valence-electron chi connectivity index (χ4n) is 3.55. The maximum atomic E-state index is 12.9. The van der Waals surface area contributed by atoms with E-state index in [0.29, 0.717) is 32.3 Å². The van der Waals surface area contributed by atoms with E-state index in [-0.39, 0.29) is 34.9 Å². The summed E-state index contributed by atoms with van der Waals surface area (Å²) in [5.74, 6) is -0.101. The Morgan fingerprint density at radius 2 is 1.78 bits per heavy atom. The topological polar surface area (TPSA) is 120 Å². The van der Waals surface area contributed by atoms with Crippen LogP contribution < -0.4 is 5.32 Å². The number of nitrogens with zero attached hydrogens (tertiary/aromatic N) is 4. The molecule has 0 radical (unpaired) electrons. The molecule has 1 aromatic heterocycles. The minimum absolute atomic E-state index is 0.0403. The summed E-state index contributed by atoms with van der Waals surface area (Å²) in [6, 6.07) is 18.2. The first-order valence-corrected chi connectivity index (χ1v) is 12.6. The van der Waals surface area contributed by atoms with Crippen LogP contribution in [0.25, 0.3) is 5.69 Å². The molecule has 4 aromatic rings. The first-order valence-electron chi connectivity index (χ1n) is 10.9. The summed E-state index contributed by atoms with van der Waals surface area (Å²) in [7, 11) is 0. The summed E-state index contributed by atoms with van der Waals surface area (Å²) in [6.07, 6.45) is 0. The van der Waals surface area contributed by atoms with E-state index in [9.17, 15) is 19.7 Å². The molecule has 0 aliphatic carbocycles. The highest BCUT2D eigenvalue weighted by atomic mass is 35.5. The molecule has 3 aromatic carbocycles. The highest BCUT2D eigenvalue weighted by molar-refractivity contribution is 7.99. The number of nitrogens with one attached hydrogen (secondary N) is 1. The maximum Gasteiger partial charge on any atom is 0.273 e. The van der Waals surface area contributed by atoms with Gasteiger partial charge in [-0.1, -0.05) is 71.4 Å². The van der Waals surface area contributed by atoms with Gasteiger partial charge in [-0.05, 0) is 31.2 Å². The van der Waals surface area contributed by atoms with Gasteiger partial charge in [-0.25, -0.2) is 0 Å². The van der Waals surface area contributed by atoms with E-state index in [1.807, 2.05) is 6.07 Å². The Morgan fingerprint density at radius 3 is 2.49 bits per heavy atom. The highest BCUT2D eigenvalue weighted by Crippen LogP contribution is 2.29. The third-order valence-electron chi connectivity index (χ3n) is 5.44. The van der Waals surface area contributed by atoms with Crippen molar-refractivity contribution in [1.82, 2.24) is 20.1 Å². The molecule has 4 rings (SSSR count). The molecular formula is C25H19Cl2N5O4S. The van der Waals surface area contributed by atoms with Crippen LogP contribution in [0.1, 0.15) is 32.1 Å². The van der Waals surface area contributed by atoms with E-state index < -0.39 is 10.8 Å². The molecule has 0 aliphatic rings. The summed E-state index contributed by atoms with van der Waals surface area (Å²) in [5, 5.41) is 23.5. The van der Waals surface area contributed by atoms with Crippen LogP contribution in [0.2, 0.25) is 10.0 Å². The summed E-state index contributed by atoms with van der Waals surface area (Å²) in [5.41, 5.74) is 1.46. The van der Waals surface area contributed by atoms with Crippen LogP contribution in [0.3, 0.4) is 0 Å². The van der Waals surface area contributed by atoms with Gasteiger partial charge in [0.1, 0.15) is 0 Å². The number of carbonyl (C=O) groups excluding carboxylic acids is 2. The van der Waals surface area contributed by atoms with Crippen LogP contribution >= 0.6 is 35.0 Å². The van der Waals surface area contributed by atoms with Gasteiger partial charge in [-0.15, -0.1) is 10.2 Å². The zero-order valence-corrected chi connectivity index (χ0v) is 21.7. The largest absolute Gasteiger partial charge is 0.345 e. The number of hydrogen-bond acceptors (Lipinski definition) is 7. The highest BCUT2D eigenvalue weighted by Gasteiger charge is 2.21. The van der Waals surface area contributed by atoms with E-state index in [1.54, 1.807) is 47.0 Å². The van der Waals surface area contributed by atoms with Gasteiger partial charge in [-0.3, -0.25) is 24.3 Å². The van der Waals surface area contributed by atoms with E-state index in [0.717, 1.165) is 0 Å². The minimum atomic E-state index is -0.534. The maximum absolute atomic E-state index is 12.9. The lowest BCUT2D eigenvalue weighted by Crippen LogP contribution is -2.25. The zero-order valence-electron chi connectivity index (χ0n) is 19.4. The second-order valence-corrected chi connectivity index (χ2v) is 9.56. The van der Waals surface area contributed by atoms with E-state index in [1.165, 1.54) is 36.9 Å². The van der Waals surface area contributed by atoms with Crippen molar-refractivity contribution in [2.75, 3.05) is 5.75 Å². The van der Waals surface area contributed by atoms with Gasteiger partial charge < -0.3 is 5.32 Å². The van der Waals surface area contributed by atoms with Crippen LogP contribution in [-0.2, 0) is 6.54 Å². The molecule has 0 atom stereocenters. The SMILES string of the molecule is Cc1c(C(=O)NCc2nnc(SCC(=O)c3ccccc3)n2-c2ccc(Cl)c(Cl)c2)cccc1[N+](=O)[O-]. The number of nitro benzene ring substituents is 1. The number of aromatic nitrogens is 3. The van der Waals surface area contributed by atoms with Crippen LogP contribution in [0.4, 0.5) is 5.69 Å². The van der Waals surface area contributed by atoms with E-state index in [4.69, 9.17) is 23.2 Å². The minimum Gasteiger partial charge on any atom is -0.345 e. The molecule has 0 fully saturated rings. The number of ketones is 1. The molecule has 9 nitrogen and oxygen atoms in total. The first kappa shape index (κ1) is 26.3. The Labute approximate surface area is 226 Å². The molecule has 0 aliphatic heterocycles. The Morgan fingerprint density at radius 1 is 1.03 bits per heavy atom. The van der Waals surface area contributed by atoms with Crippen molar-refractivity contribution in [3.05, 3.63) is 109 Å². The molecule has 1 amide bonds. The van der Waals surface area contributed by atoms with Crippen molar-refractivity contribution in [1.29, 1.82) is 0 Å². The summed E-state index contributed by atoms with van der Waals surface area (Å²) >= 11 is 13.5. The number of amides is 1. The Balaban J connectivity index is 1.60. The first-order chi connectivity index (χ1) is 17.8. The molecule has 0 saturated heterocycles.